The Morgan fingerprint density at radius 2 is 1.75 bits per heavy atom. The molecule has 1 aliphatic carbocycles. The third kappa shape index (κ3) is 2.35. The Morgan fingerprint density at radius 1 is 1.20 bits per heavy atom. The number of hydrogen-bond acceptors (Lipinski definition) is 2. The van der Waals surface area contributed by atoms with Crippen molar-refractivity contribution in [1.29, 1.82) is 0 Å². The summed E-state index contributed by atoms with van der Waals surface area (Å²) in [6.45, 7) is 7.48. The molecule has 20 heavy (non-hydrogen) atoms. The predicted octanol–water partition coefficient (Wildman–Crippen LogP) is 2.58. The molecular formula is C17H23NO2. The molecule has 3 rings (SSSR count). The fraction of sp³-hybridized carbons (Fsp3) is 0.588. The number of rotatable bonds is 2. The zero-order valence-electron chi connectivity index (χ0n) is 12.5. The highest BCUT2D eigenvalue weighted by atomic mass is 16.3. The van der Waals surface area contributed by atoms with Gasteiger partial charge in [-0.2, -0.15) is 0 Å². The monoisotopic (exact) mass is 273 g/mol. The molecule has 1 aromatic rings. The smallest absolute Gasteiger partial charge is 0.254 e. The number of carbonyl (C=O) groups is 1. The molecular weight excluding hydrogens is 250 g/mol. The maximum Gasteiger partial charge on any atom is 0.254 e. The van der Waals surface area contributed by atoms with Crippen LogP contribution >= 0.6 is 0 Å². The number of likely N-dealkylation sites (tertiary alicyclic amines) is 1. The highest BCUT2D eigenvalue weighted by Gasteiger charge is 2.53. The second kappa shape index (κ2) is 4.32. The minimum absolute atomic E-state index is 0.0378. The zero-order valence-corrected chi connectivity index (χ0v) is 12.5. The molecule has 1 aromatic carbocycles. The molecule has 2 fully saturated rings. The minimum Gasteiger partial charge on any atom is -0.386 e. The molecule has 1 heterocycles. The van der Waals surface area contributed by atoms with Gasteiger partial charge in [0.1, 0.15) is 5.60 Å². The SMILES string of the molecule is CC(C)(C)c1ccc(C(=O)N2CC(O)(C3CC3)C2)cc1. The van der Waals surface area contributed by atoms with E-state index in [1.54, 1.807) is 4.90 Å². The van der Waals surface area contributed by atoms with Crippen molar-refractivity contribution in [3.05, 3.63) is 35.4 Å². The summed E-state index contributed by atoms with van der Waals surface area (Å²) < 4.78 is 0. The number of hydrogen-bond donors (Lipinski definition) is 1. The van der Waals surface area contributed by atoms with E-state index in [1.807, 2.05) is 24.3 Å². The van der Waals surface area contributed by atoms with E-state index in [4.69, 9.17) is 0 Å². The van der Waals surface area contributed by atoms with E-state index in [1.165, 1.54) is 5.56 Å². The topological polar surface area (TPSA) is 40.5 Å². The largest absolute Gasteiger partial charge is 0.386 e. The van der Waals surface area contributed by atoms with E-state index in [0.717, 1.165) is 18.4 Å². The Balaban J connectivity index is 1.66. The first-order chi connectivity index (χ1) is 9.29. The van der Waals surface area contributed by atoms with Crippen LogP contribution in [-0.4, -0.2) is 34.6 Å². The molecule has 1 N–H and O–H groups in total. The van der Waals surface area contributed by atoms with Gasteiger partial charge in [0.2, 0.25) is 0 Å². The molecule has 3 heteroatoms. The summed E-state index contributed by atoms with van der Waals surface area (Å²) >= 11 is 0. The van der Waals surface area contributed by atoms with Gasteiger partial charge in [0.05, 0.1) is 13.1 Å². The van der Waals surface area contributed by atoms with E-state index in [-0.39, 0.29) is 11.3 Å². The van der Waals surface area contributed by atoms with Gasteiger partial charge in [-0.1, -0.05) is 32.9 Å². The number of benzene rings is 1. The van der Waals surface area contributed by atoms with Crippen LogP contribution in [0, 0.1) is 5.92 Å². The summed E-state index contributed by atoms with van der Waals surface area (Å²) in [5.74, 6) is 0.464. The van der Waals surface area contributed by atoms with E-state index >= 15 is 0 Å². The quantitative estimate of drug-likeness (QED) is 0.899. The van der Waals surface area contributed by atoms with E-state index in [9.17, 15) is 9.90 Å². The molecule has 108 valence electrons. The highest BCUT2D eigenvalue weighted by molar-refractivity contribution is 5.95. The number of carbonyl (C=O) groups excluding carboxylic acids is 1. The molecule has 2 aliphatic rings. The van der Waals surface area contributed by atoms with Crippen LogP contribution in [-0.2, 0) is 5.41 Å². The van der Waals surface area contributed by atoms with Crippen LogP contribution in [0.1, 0.15) is 49.5 Å². The van der Waals surface area contributed by atoms with Gasteiger partial charge < -0.3 is 10.0 Å². The first kappa shape index (κ1) is 13.6. The molecule has 0 radical (unpaired) electrons. The first-order valence-corrected chi connectivity index (χ1v) is 7.42. The fourth-order valence-corrected chi connectivity index (χ4v) is 2.93. The van der Waals surface area contributed by atoms with Crippen molar-refractivity contribution in [1.82, 2.24) is 4.90 Å². The Morgan fingerprint density at radius 3 is 2.20 bits per heavy atom. The third-order valence-corrected chi connectivity index (χ3v) is 4.55. The Hall–Kier alpha value is -1.35. The number of aliphatic hydroxyl groups is 1. The molecule has 1 saturated carbocycles. The number of nitrogens with zero attached hydrogens (tertiary/aromatic N) is 1. The lowest BCUT2D eigenvalue weighted by atomic mass is 9.86. The van der Waals surface area contributed by atoms with Crippen molar-refractivity contribution in [3.63, 3.8) is 0 Å². The normalized spacial score (nSPS) is 21.5. The molecule has 0 bridgehead atoms. The molecule has 3 nitrogen and oxygen atoms in total. The molecule has 0 unspecified atom stereocenters. The molecule has 0 atom stereocenters. The summed E-state index contributed by atoms with van der Waals surface area (Å²) in [4.78, 5) is 14.1. The predicted molar refractivity (Wildman–Crippen MR) is 78.7 cm³/mol. The van der Waals surface area contributed by atoms with Crippen LogP contribution < -0.4 is 0 Å². The molecule has 1 aliphatic heterocycles. The van der Waals surface area contributed by atoms with Gasteiger partial charge in [-0.05, 0) is 41.9 Å². The second-order valence-electron chi connectivity index (χ2n) is 7.37. The van der Waals surface area contributed by atoms with Crippen molar-refractivity contribution in [3.8, 4) is 0 Å². The third-order valence-electron chi connectivity index (χ3n) is 4.55. The average molecular weight is 273 g/mol. The summed E-state index contributed by atoms with van der Waals surface area (Å²) in [5.41, 5.74) is 1.45. The first-order valence-electron chi connectivity index (χ1n) is 7.42. The maximum atomic E-state index is 12.3. The van der Waals surface area contributed by atoms with Gasteiger partial charge in [-0.15, -0.1) is 0 Å². The Bertz CT molecular complexity index is 517. The van der Waals surface area contributed by atoms with E-state index in [2.05, 4.69) is 20.8 Å². The van der Waals surface area contributed by atoms with Gasteiger partial charge in [0.15, 0.2) is 0 Å². The summed E-state index contributed by atoms with van der Waals surface area (Å²) in [6, 6.07) is 7.86. The van der Waals surface area contributed by atoms with Crippen molar-refractivity contribution >= 4 is 5.91 Å². The maximum absolute atomic E-state index is 12.3. The molecule has 1 amide bonds. The summed E-state index contributed by atoms with van der Waals surface area (Å²) in [7, 11) is 0. The van der Waals surface area contributed by atoms with Crippen LogP contribution in [0.5, 0.6) is 0 Å². The summed E-state index contributed by atoms with van der Waals surface area (Å²) in [6.07, 6.45) is 2.22. The lowest BCUT2D eigenvalue weighted by Gasteiger charge is -2.47. The number of amides is 1. The lowest BCUT2D eigenvalue weighted by Crippen LogP contribution is -2.64. The summed E-state index contributed by atoms with van der Waals surface area (Å²) in [5, 5.41) is 10.3. The van der Waals surface area contributed by atoms with Crippen LogP contribution in [0.4, 0.5) is 0 Å². The standard InChI is InChI=1S/C17H23NO2/c1-16(2,3)13-6-4-12(5-7-13)15(19)18-10-17(20,11-18)14-8-9-14/h4-7,14,20H,8-11H2,1-3H3. The van der Waals surface area contributed by atoms with Gasteiger partial charge >= 0.3 is 0 Å². The van der Waals surface area contributed by atoms with Gasteiger partial charge in [0, 0.05) is 5.56 Å². The van der Waals surface area contributed by atoms with Crippen LogP contribution in [0.3, 0.4) is 0 Å². The highest BCUT2D eigenvalue weighted by Crippen LogP contribution is 2.44. The second-order valence-corrected chi connectivity index (χ2v) is 7.37. The number of β-amino-alcohol motifs (C(OH)–C–C–N with tert-alkyl or cyclic N) is 1. The minimum atomic E-state index is -0.596. The lowest BCUT2D eigenvalue weighted by molar-refractivity contribution is -0.0958. The van der Waals surface area contributed by atoms with E-state index in [0.29, 0.717) is 19.0 Å². The van der Waals surface area contributed by atoms with Crippen LogP contribution in [0.15, 0.2) is 24.3 Å². The molecule has 0 spiro atoms. The van der Waals surface area contributed by atoms with Gasteiger partial charge in [-0.3, -0.25) is 4.79 Å². The Labute approximate surface area is 120 Å². The van der Waals surface area contributed by atoms with Gasteiger partial charge in [0.25, 0.3) is 5.91 Å². The average Bonchev–Trinajstić information content (AvgIpc) is 3.18. The Kier molecular flexibility index (Phi) is 2.94. The van der Waals surface area contributed by atoms with E-state index < -0.39 is 5.60 Å². The fourth-order valence-electron chi connectivity index (χ4n) is 2.93. The zero-order chi connectivity index (χ0) is 14.5. The van der Waals surface area contributed by atoms with Crippen LogP contribution in [0.2, 0.25) is 0 Å². The van der Waals surface area contributed by atoms with Crippen molar-refractivity contribution in [2.24, 2.45) is 5.92 Å². The molecule has 0 aromatic heterocycles. The van der Waals surface area contributed by atoms with Crippen molar-refractivity contribution in [2.45, 2.75) is 44.6 Å². The van der Waals surface area contributed by atoms with Crippen molar-refractivity contribution in [2.75, 3.05) is 13.1 Å². The van der Waals surface area contributed by atoms with Crippen molar-refractivity contribution < 1.29 is 9.90 Å². The van der Waals surface area contributed by atoms with Gasteiger partial charge in [-0.25, -0.2) is 0 Å². The van der Waals surface area contributed by atoms with Crippen LogP contribution in [0.25, 0.3) is 0 Å². The molecule has 1 saturated heterocycles.